The molecule has 200 valence electrons. The van der Waals surface area contributed by atoms with Gasteiger partial charge in [-0.05, 0) is 60.9 Å². The second-order valence-electron chi connectivity index (χ2n) is 10.4. The number of allylic oxidation sites excluding steroid dienone is 4. The smallest absolute Gasteiger partial charge is 0.261 e. The molecule has 0 unspecified atom stereocenters. The third-order valence-corrected chi connectivity index (χ3v) is 7.34. The molecule has 1 fully saturated rings. The van der Waals surface area contributed by atoms with Gasteiger partial charge in [-0.25, -0.2) is 18.7 Å². The van der Waals surface area contributed by atoms with E-state index in [4.69, 9.17) is 9.97 Å². The molecule has 0 radical (unpaired) electrons. The van der Waals surface area contributed by atoms with Crippen LogP contribution in [0.2, 0.25) is 0 Å². The monoisotopic (exact) mass is 536 g/mol. The van der Waals surface area contributed by atoms with Crippen molar-refractivity contribution < 1.29 is 8.78 Å². The first-order valence-corrected chi connectivity index (χ1v) is 13.2. The zero-order valence-electron chi connectivity index (χ0n) is 21.8. The number of nitrogens with one attached hydrogen (secondary N) is 2. The highest BCUT2D eigenvalue weighted by Crippen LogP contribution is 2.32. The van der Waals surface area contributed by atoms with Gasteiger partial charge in [0.2, 0.25) is 0 Å². The number of hydrogen-bond donors (Lipinski definition) is 2. The Bertz CT molecular complexity index is 1830. The van der Waals surface area contributed by atoms with Crippen LogP contribution in [-0.2, 0) is 0 Å². The Morgan fingerprint density at radius 1 is 1.00 bits per heavy atom. The van der Waals surface area contributed by atoms with Crippen LogP contribution < -0.4 is 0 Å². The van der Waals surface area contributed by atoms with Crippen LogP contribution in [-0.4, -0.2) is 65.6 Å². The Labute approximate surface area is 228 Å². The predicted molar refractivity (Wildman–Crippen MR) is 150 cm³/mol. The molecule has 0 aromatic carbocycles. The van der Waals surface area contributed by atoms with Crippen molar-refractivity contribution in [2.24, 2.45) is 0 Å². The Kier molecular flexibility index (Phi) is 5.85. The van der Waals surface area contributed by atoms with E-state index in [1.165, 1.54) is 5.57 Å². The van der Waals surface area contributed by atoms with Gasteiger partial charge in [0.25, 0.3) is 5.92 Å². The van der Waals surface area contributed by atoms with Crippen LogP contribution in [0.5, 0.6) is 0 Å². The number of alkyl halides is 2. The normalized spacial score (nSPS) is 17.6. The Balaban J connectivity index is 1.25. The number of fused-ring (bicyclic) bond motifs is 2. The molecular formula is C30H26F2N8. The lowest BCUT2D eigenvalue weighted by atomic mass is 10.1. The van der Waals surface area contributed by atoms with Crippen LogP contribution in [0.25, 0.3) is 50.4 Å². The van der Waals surface area contributed by atoms with Gasteiger partial charge in [0, 0.05) is 43.7 Å². The van der Waals surface area contributed by atoms with E-state index in [1.54, 1.807) is 18.6 Å². The van der Waals surface area contributed by atoms with Gasteiger partial charge in [-0.1, -0.05) is 17.7 Å². The molecule has 40 heavy (non-hydrogen) atoms. The molecule has 10 heteroatoms. The van der Waals surface area contributed by atoms with E-state index in [1.807, 2.05) is 35.2 Å². The van der Waals surface area contributed by atoms with E-state index in [2.05, 4.69) is 50.3 Å². The average Bonchev–Trinajstić information content (AvgIpc) is 3.63. The number of imidazole rings is 1. The molecule has 0 amide bonds. The van der Waals surface area contributed by atoms with Crippen LogP contribution in [0.4, 0.5) is 8.78 Å². The van der Waals surface area contributed by atoms with E-state index in [-0.39, 0.29) is 13.0 Å². The summed E-state index contributed by atoms with van der Waals surface area (Å²) in [6.45, 7) is 2.74. The molecule has 1 aliphatic heterocycles. The number of pyridine rings is 3. The first kappa shape index (κ1) is 24.5. The SMILES string of the molecule is CC1=CC(CN2CCC(F)(F)C2)=CC(c2ccc3[nH]nc(-c4nc5c(-c6cccnc6)nccc5[nH]4)c3n2)=CC1. The van der Waals surface area contributed by atoms with Crippen molar-refractivity contribution in [1.82, 2.24) is 40.0 Å². The molecule has 0 spiro atoms. The summed E-state index contributed by atoms with van der Waals surface area (Å²) in [4.78, 5) is 23.8. The van der Waals surface area contributed by atoms with Crippen molar-refractivity contribution in [3.63, 3.8) is 0 Å². The minimum atomic E-state index is -2.61. The number of aromatic nitrogens is 7. The second kappa shape index (κ2) is 9.56. The minimum Gasteiger partial charge on any atom is -0.336 e. The maximum absolute atomic E-state index is 13.8. The number of nitrogens with zero attached hydrogens (tertiary/aromatic N) is 6. The Hall–Kier alpha value is -4.57. The fourth-order valence-electron chi connectivity index (χ4n) is 5.40. The molecule has 6 heterocycles. The molecule has 2 aliphatic rings. The molecule has 5 aromatic heterocycles. The van der Waals surface area contributed by atoms with Gasteiger partial charge < -0.3 is 4.98 Å². The molecule has 7 rings (SSSR count). The first-order chi connectivity index (χ1) is 19.4. The van der Waals surface area contributed by atoms with Crippen LogP contribution in [0.3, 0.4) is 0 Å². The van der Waals surface area contributed by atoms with E-state index >= 15 is 0 Å². The summed E-state index contributed by atoms with van der Waals surface area (Å²) in [6.07, 6.45) is 12.2. The predicted octanol–water partition coefficient (Wildman–Crippen LogP) is 5.96. The van der Waals surface area contributed by atoms with Crippen molar-refractivity contribution in [3.8, 4) is 22.8 Å². The van der Waals surface area contributed by atoms with Gasteiger partial charge in [-0.2, -0.15) is 5.10 Å². The molecule has 5 aromatic rings. The van der Waals surface area contributed by atoms with E-state index < -0.39 is 5.92 Å². The highest BCUT2D eigenvalue weighted by atomic mass is 19.3. The molecule has 0 saturated carbocycles. The highest BCUT2D eigenvalue weighted by Gasteiger charge is 2.38. The van der Waals surface area contributed by atoms with E-state index in [0.717, 1.165) is 51.1 Å². The van der Waals surface area contributed by atoms with Crippen LogP contribution in [0.1, 0.15) is 25.5 Å². The number of halogens is 2. The molecular weight excluding hydrogens is 510 g/mol. The van der Waals surface area contributed by atoms with Crippen molar-refractivity contribution >= 4 is 27.6 Å². The van der Waals surface area contributed by atoms with Crippen molar-refractivity contribution in [2.75, 3.05) is 19.6 Å². The summed E-state index contributed by atoms with van der Waals surface area (Å²) in [5.74, 6) is -2.03. The highest BCUT2D eigenvalue weighted by molar-refractivity contribution is 5.95. The van der Waals surface area contributed by atoms with Gasteiger partial charge in [0.05, 0.1) is 29.0 Å². The lowest BCUT2D eigenvalue weighted by Gasteiger charge is -2.16. The van der Waals surface area contributed by atoms with Gasteiger partial charge in [-0.15, -0.1) is 0 Å². The standard InChI is InChI=1S/C30H26F2N8/c1-18-4-5-20(14-19(13-18)16-40-12-9-30(31,32)17-40)22-6-7-24-27(35-22)28(39-38-24)29-36-23-8-11-34-25(26(23)37-29)21-3-2-10-33-15-21/h2-3,5-8,10-11,13-15H,4,9,12,16-17H2,1H3,(H,36,37)(H,38,39). The molecule has 0 atom stereocenters. The number of rotatable bonds is 5. The topological polar surface area (TPSA) is 99.3 Å². The lowest BCUT2D eigenvalue weighted by molar-refractivity contribution is 0.0131. The van der Waals surface area contributed by atoms with Crippen molar-refractivity contribution in [1.29, 1.82) is 0 Å². The van der Waals surface area contributed by atoms with E-state index in [0.29, 0.717) is 30.1 Å². The second-order valence-corrected chi connectivity index (χ2v) is 10.4. The first-order valence-electron chi connectivity index (χ1n) is 13.2. The van der Waals surface area contributed by atoms with Crippen LogP contribution in [0.15, 0.2) is 78.3 Å². The van der Waals surface area contributed by atoms with Gasteiger partial charge in [-0.3, -0.25) is 20.0 Å². The minimum absolute atomic E-state index is 0.0885. The van der Waals surface area contributed by atoms with Gasteiger partial charge in [0.1, 0.15) is 11.0 Å². The lowest BCUT2D eigenvalue weighted by Crippen LogP contribution is -2.26. The number of H-pyrrole nitrogens is 2. The quantitative estimate of drug-likeness (QED) is 0.288. The Morgan fingerprint density at radius 3 is 2.73 bits per heavy atom. The summed E-state index contributed by atoms with van der Waals surface area (Å²) in [7, 11) is 0. The van der Waals surface area contributed by atoms with Crippen LogP contribution >= 0.6 is 0 Å². The summed E-state index contributed by atoms with van der Waals surface area (Å²) in [6, 6.07) is 9.62. The molecule has 2 N–H and O–H groups in total. The fourth-order valence-corrected chi connectivity index (χ4v) is 5.40. The molecule has 0 bridgehead atoms. The van der Waals surface area contributed by atoms with Gasteiger partial charge in [0.15, 0.2) is 11.5 Å². The van der Waals surface area contributed by atoms with Crippen molar-refractivity contribution in [3.05, 3.63) is 84.0 Å². The summed E-state index contributed by atoms with van der Waals surface area (Å²) >= 11 is 0. The molecule has 8 nitrogen and oxygen atoms in total. The number of aromatic amines is 2. The zero-order valence-corrected chi connectivity index (χ0v) is 21.8. The fraction of sp³-hybridized carbons (Fsp3) is 0.233. The molecule has 1 aliphatic carbocycles. The zero-order chi connectivity index (χ0) is 27.3. The Morgan fingerprint density at radius 2 is 1.90 bits per heavy atom. The van der Waals surface area contributed by atoms with Crippen LogP contribution in [0, 0.1) is 0 Å². The molecule has 1 saturated heterocycles. The third kappa shape index (κ3) is 4.60. The largest absolute Gasteiger partial charge is 0.336 e. The van der Waals surface area contributed by atoms with Gasteiger partial charge >= 0.3 is 0 Å². The van der Waals surface area contributed by atoms with Crippen molar-refractivity contribution in [2.45, 2.75) is 25.7 Å². The summed E-state index contributed by atoms with van der Waals surface area (Å²) in [5.41, 5.74) is 9.19. The maximum atomic E-state index is 13.8. The average molecular weight is 537 g/mol. The number of likely N-dealkylation sites (tertiary alicyclic amines) is 1. The maximum Gasteiger partial charge on any atom is 0.261 e. The number of hydrogen-bond acceptors (Lipinski definition) is 6. The van der Waals surface area contributed by atoms with E-state index in [9.17, 15) is 8.78 Å². The third-order valence-electron chi connectivity index (χ3n) is 7.34. The summed E-state index contributed by atoms with van der Waals surface area (Å²) < 4.78 is 27.6. The summed E-state index contributed by atoms with van der Waals surface area (Å²) in [5, 5.41) is 7.61.